The minimum absolute atomic E-state index is 0.0420. The number of hydrogen-bond donors (Lipinski definition) is 4. The topological polar surface area (TPSA) is 157 Å². The Morgan fingerprint density at radius 1 is 0.833 bits per heavy atom. The average molecular weight is 677 g/mol. The van der Waals surface area contributed by atoms with E-state index >= 15 is 0 Å². The maximum atomic E-state index is 12.9. The number of hydrogen-bond acceptors (Lipinski definition) is 11. The Balaban J connectivity index is 1.03. The van der Waals surface area contributed by atoms with E-state index in [4.69, 9.17) is 28.4 Å². The van der Waals surface area contributed by atoms with Crippen molar-refractivity contribution in [2.45, 2.75) is 167 Å². The van der Waals surface area contributed by atoms with Crippen LogP contribution in [0.1, 0.15) is 99.8 Å². The third-order valence-corrected chi connectivity index (χ3v) is 16.8. The van der Waals surface area contributed by atoms with Gasteiger partial charge >= 0.3 is 5.97 Å². The van der Waals surface area contributed by atoms with Gasteiger partial charge in [0.05, 0.1) is 18.8 Å². The Morgan fingerprint density at radius 2 is 1.56 bits per heavy atom. The van der Waals surface area contributed by atoms with Crippen LogP contribution >= 0.6 is 0 Å². The molecule has 9 fully saturated rings. The highest BCUT2D eigenvalue weighted by Crippen LogP contribution is 2.89. The zero-order chi connectivity index (χ0) is 34.2. The summed E-state index contributed by atoms with van der Waals surface area (Å²) >= 11 is 0. The van der Waals surface area contributed by atoms with Crippen LogP contribution in [0.25, 0.3) is 0 Å². The molecule has 4 aliphatic heterocycles. The van der Waals surface area contributed by atoms with E-state index < -0.39 is 42.3 Å². The van der Waals surface area contributed by atoms with Crippen molar-refractivity contribution in [2.75, 3.05) is 6.61 Å². The first-order valence-electron chi connectivity index (χ1n) is 18.6. The van der Waals surface area contributed by atoms with Crippen molar-refractivity contribution in [1.82, 2.24) is 0 Å². The van der Waals surface area contributed by atoms with E-state index in [0.29, 0.717) is 18.3 Å². The molecule has 4 saturated heterocycles. The summed E-state index contributed by atoms with van der Waals surface area (Å²) in [5.74, 6) is 0.0295. The summed E-state index contributed by atoms with van der Waals surface area (Å²) in [5, 5.41) is 41.7. The summed E-state index contributed by atoms with van der Waals surface area (Å²) in [6.07, 6.45) is 0.880. The largest absolute Gasteiger partial charge is 0.462 e. The minimum atomic E-state index is -1.31. The van der Waals surface area contributed by atoms with Gasteiger partial charge in [-0.05, 0) is 97.2 Å². The predicted octanol–water partition coefficient (Wildman–Crippen LogP) is 3.03. The molecular formula is C37H56O11. The Morgan fingerprint density at radius 3 is 2.23 bits per heavy atom. The van der Waals surface area contributed by atoms with Crippen LogP contribution in [0.4, 0.5) is 0 Å². The van der Waals surface area contributed by atoms with E-state index in [2.05, 4.69) is 34.6 Å². The number of carbonyl (C=O) groups excluding carboxylic acids is 1. The number of epoxide rings is 1. The molecule has 0 aromatic carbocycles. The summed E-state index contributed by atoms with van der Waals surface area (Å²) in [6.45, 7) is 15.1. The third kappa shape index (κ3) is 3.74. The molecular weight excluding hydrogens is 620 g/mol. The number of esters is 1. The Labute approximate surface area is 283 Å². The van der Waals surface area contributed by atoms with Crippen molar-refractivity contribution in [3.05, 3.63) is 0 Å². The molecule has 4 N–H and O–H groups in total. The number of carbonyl (C=O) groups is 1. The lowest BCUT2D eigenvalue weighted by Crippen LogP contribution is -2.64. The summed E-state index contributed by atoms with van der Waals surface area (Å²) in [4.78, 5) is 12.9. The van der Waals surface area contributed by atoms with Crippen LogP contribution in [-0.4, -0.2) is 99.7 Å². The highest BCUT2D eigenvalue weighted by molar-refractivity contribution is 5.66. The van der Waals surface area contributed by atoms with Gasteiger partial charge in [-0.2, -0.15) is 0 Å². The van der Waals surface area contributed by atoms with Gasteiger partial charge in [-0.3, -0.25) is 4.79 Å². The van der Waals surface area contributed by atoms with Crippen molar-refractivity contribution in [2.24, 2.45) is 50.7 Å². The molecule has 2 unspecified atom stereocenters. The zero-order valence-electron chi connectivity index (χ0n) is 29.5. The maximum Gasteiger partial charge on any atom is 0.302 e. The fourth-order valence-electron chi connectivity index (χ4n) is 14.6. The molecule has 0 aromatic rings. The fraction of sp³-hybridized carbons (Fsp3) is 0.973. The molecule has 0 amide bonds. The van der Waals surface area contributed by atoms with E-state index in [-0.39, 0.29) is 75.9 Å². The second kappa shape index (κ2) is 9.75. The number of fused-ring (bicyclic) bond motifs is 6. The lowest BCUT2D eigenvalue weighted by Gasteiger charge is -2.65. The zero-order valence-corrected chi connectivity index (χ0v) is 29.5. The van der Waals surface area contributed by atoms with Crippen molar-refractivity contribution in [3.8, 4) is 0 Å². The van der Waals surface area contributed by atoms with Crippen molar-refractivity contribution < 1.29 is 53.6 Å². The van der Waals surface area contributed by atoms with Gasteiger partial charge in [0.15, 0.2) is 12.6 Å². The molecule has 0 bridgehead atoms. The van der Waals surface area contributed by atoms with E-state index in [1.807, 2.05) is 6.92 Å². The lowest BCUT2D eigenvalue weighted by atomic mass is 9.41. The monoisotopic (exact) mass is 676 g/mol. The fourth-order valence-corrected chi connectivity index (χ4v) is 14.6. The van der Waals surface area contributed by atoms with Gasteiger partial charge in [-0.15, -0.1) is 0 Å². The maximum absolute atomic E-state index is 12.9. The van der Waals surface area contributed by atoms with E-state index in [1.54, 1.807) is 6.92 Å². The standard InChI is InChI=1S/C37H56O11/c1-17-12-37(29-34(7,47-29)30(42)48-37)46-20-13-32(5)22-9-8-21-31(3,4)23(45-28-27(41)26(40)19(39)15-43-28)10-11-35(21)16-36(22,35)14-24(44-18(2)38)33(32,6)25(17)20/h17,19-30,39-42H,8-16H2,1-7H3/t17-,19-,20+,21?,22?,23+,24-,25+,26+,27-,28+,29-,30-,32+,33-,34+,35-,36+,37-/m1/s1. The van der Waals surface area contributed by atoms with Gasteiger partial charge in [-0.1, -0.05) is 34.6 Å². The molecule has 270 valence electrons. The van der Waals surface area contributed by atoms with Crippen LogP contribution in [0.3, 0.4) is 0 Å². The van der Waals surface area contributed by atoms with Gasteiger partial charge in [-0.25, -0.2) is 0 Å². The second-order valence-electron chi connectivity index (χ2n) is 18.9. The van der Waals surface area contributed by atoms with Crippen LogP contribution in [0.5, 0.6) is 0 Å². The SMILES string of the molecule is CC(=O)O[C@@H]1C[C@@]23C[C@@]24CC[C@H](O[C@@H]2OC[C@@H](O)[C@H](O)[C@H]2O)C(C)(C)C4CCC3[C@]2(C)C[C@@H]3O[C@]4(C[C@@H](C)[C@@H]3[C@@]12C)O[C@@H](O)[C@@]1(C)O[C@@H]41. The Bertz CT molecular complexity index is 1390. The average Bonchev–Trinajstić information content (AvgIpc) is 3.84. The molecule has 48 heavy (non-hydrogen) atoms. The van der Waals surface area contributed by atoms with Gasteiger partial charge in [0.25, 0.3) is 0 Å². The Hall–Kier alpha value is -0.890. The normalized spacial score (nSPS) is 63.3. The van der Waals surface area contributed by atoms with E-state index in [9.17, 15) is 25.2 Å². The van der Waals surface area contributed by atoms with Gasteiger partial charge in [0, 0.05) is 18.8 Å². The summed E-state index contributed by atoms with van der Waals surface area (Å²) < 4.78 is 37.9. The first-order valence-corrected chi connectivity index (χ1v) is 18.6. The molecule has 19 atom stereocenters. The van der Waals surface area contributed by atoms with Crippen LogP contribution in [0.15, 0.2) is 0 Å². The predicted molar refractivity (Wildman–Crippen MR) is 168 cm³/mol. The molecule has 9 rings (SSSR count). The quantitative estimate of drug-likeness (QED) is 0.198. The van der Waals surface area contributed by atoms with Gasteiger partial charge in [0.2, 0.25) is 5.79 Å². The third-order valence-electron chi connectivity index (χ3n) is 16.8. The summed E-state index contributed by atoms with van der Waals surface area (Å²) in [5.41, 5.74) is -1.23. The van der Waals surface area contributed by atoms with E-state index in [1.165, 1.54) is 0 Å². The number of aliphatic hydroxyl groups is 4. The molecule has 9 aliphatic rings. The van der Waals surface area contributed by atoms with Gasteiger partial charge < -0.3 is 48.8 Å². The highest BCUT2D eigenvalue weighted by atomic mass is 16.8. The summed E-state index contributed by atoms with van der Waals surface area (Å²) in [7, 11) is 0. The first kappa shape index (κ1) is 33.0. The molecule has 5 saturated carbocycles. The molecule has 5 aliphatic carbocycles. The van der Waals surface area contributed by atoms with Crippen LogP contribution in [0, 0.1) is 50.7 Å². The van der Waals surface area contributed by atoms with Crippen LogP contribution in [-0.2, 0) is 33.2 Å². The minimum Gasteiger partial charge on any atom is -0.462 e. The molecule has 11 nitrogen and oxygen atoms in total. The molecule has 3 spiro atoms. The van der Waals surface area contributed by atoms with Gasteiger partial charge in [0.1, 0.15) is 36.1 Å². The smallest absolute Gasteiger partial charge is 0.302 e. The van der Waals surface area contributed by atoms with E-state index in [0.717, 1.165) is 44.9 Å². The molecule has 0 aromatic heterocycles. The molecule has 0 radical (unpaired) electrons. The first-order chi connectivity index (χ1) is 22.4. The number of aliphatic hydroxyl groups excluding tert-OH is 4. The Kier molecular flexibility index (Phi) is 6.70. The van der Waals surface area contributed by atoms with Crippen LogP contribution in [0.2, 0.25) is 0 Å². The molecule has 11 heteroatoms. The second-order valence-corrected chi connectivity index (χ2v) is 18.9. The number of ether oxygens (including phenoxy) is 6. The summed E-state index contributed by atoms with van der Waals surface area (Å²) in [6, 6.07) is 0. The van der Waals surface area contributed by atoms with Crippen LogP contribution < -0.4 is 0 Å². The van der Waals surface area contributed by atoms with Crippen molar-refractivity contribution in [1.29, 1.82) is 0 Å². The molecule has 4 heterocycles. The lowest BCUT2D eigenvalue weighted by molar-refractivity contribution is -0.346. The van der Waals surface area contributed by atoms with Crippen molar-refractivity contribution >= 4 is 5.97 Å². The highest BCUT2D eigenvalue weighted by Gasteiger charge is 2.87. The number of rotatable bonds is 3. The van der Waals surface area contributed by atoms with Crippen molar-refractivity contribution in [3.63, 3.8) is 0 Å².